The summed E-state index contributed by atoms with van der Waals surface area (Å²) in [6.07, 6.45) is 0.254. The normalized spacial score (nSPS) is 10.7. The van der Waals surface area contributed by atoms with Gasteiger partial charge in [-0.15, -0.1) is 0 Å². The fraction of sp³-hybridized carbons (Fsp3) is 0.125. The van der Waals surface area contributed by atoms with Crippen molar-refractivity contribution < 1.29 is 19.1 Å². The van der Waals surface area contributed by atoms with Crippen LogP contribution in [0.1, 0.15) is 26.3 Å². The van der Waals surface area contributed by atoms with Crippen LogP contribution < -0.4 is 4.74 Å². The summed E-state index contributed by atoms with van der Waals surface area (Å²) in [7, 11) is 2.96. The number of H-pyrrole nitrogens is 1. The molecule has 4 rings (SSSR count). The van der Waals surface area contributed by atoms with E-state index >= 15 is 0 Å². The van der Waals surface area contributed by atoms with Crippen molar-refractivity contribution >= 4 is 22.8 Å². The summed E-state index contributed by atoms with van der Waals surface area (Å²) in [5.74, 6) is 1.09. The lowest BCUT2D eigenvalue weighted by Gasteiger charge is -2.03. The van der Waals surface area contributed by atoms with Crippen molar-refractivity contribution in [2.24, 2.45) is 0 Å². The second-order valence-corrected chi connectivity index (χ2v) is 6.83. The largest absolute Gasteiger partial charge is 0.497 e. The Hall–Kier alpha value is -3.93. The van der Waals surface area contributed by atoms with E-state index in [1.165, 1.54) is 7.11 Å². The van der Waals surface area contributed by atoms with Gasteiger partial charge < -0.3 is 14.5 Å². The maximum absolute atomic E-state index is 12.6. The number of fused-ring (bicyclic) bond motifs is 1. The number of nitrogens with one attached hydrogen (secondary N) is 1. The van der Waals surface area contributed by atoms with Crippen LogP contribution in [0, 0.1) is 0 Å². The number of benzene rings is 3. The van der Waals surface area contributed by atoms with Crippen molar-refractivity contribution in [1.29, 1.82) is 0 Å². The highest BCUT2D eigenvalue weighted by Gasteiger charge is 2.12. The van der Waals surface area contributed by atoms with Gasteiger partial charge in [0.1, 0.15) is 11.6 Å². The van der Waals surface area contributed by atoms with Crippen molar-refractivity contribution in [3.8, 4) is 17.1 Å². The first kappa shape index (κ1) is 19.4. The van der Waals surface area contributed by atoms with Crippen molar-refractivity contribution in [1.82, 2.24) is 9.97 Å². The molecule has 30 heavy (non-hydrogen) atoms. The molecule has 1 N–H and O–H groups in total. The molecule has 0 saturated carbocycles. The van der Waals surface area contributed by atoms with E-state index in [1.54, 1.807) is 31.4 Å². The fourth-order valence-electron chi connectivity index (χ4n) is 3.25. The van der Waals surface area contributed by atoms with E-state index in [9.17, 15) is 9.59 Å². The van der Waals surface area contributed by atoms with E-state index < -0.39 is 5.97 Å². The summed E-state index contributed by atoms with van der Waals surface area (Å²) in [6, 6.07) is 19.9. The number of aromatic amines is 1. The Balaban J connectivity index is 1.53. The van der Waals surface area contributed by atoms with E-state index in [-0.39, 0.29) is 12.2 Å². The number of hydrogen-bond donors (Lipinski definition) is 1. The predicted octanol–water partition coefficient (Wildman–Crippen LogP) is 4.45. The molecule has 0 bridgehead atoms. The summed E-state index contributed by atoms with van der Waals surface area (Å²) in [6.45, 7) is 0. The summed E-state index contributed by atoms with van der Waals surface area (Å²) < 4.78 is 9.87. The quantitative estimate of drug-likeness (QED) is 0.382. The number of ketones is 1. The third-order valence-corrected chi connectivity index (χ3v) is 4.90. The first-order valence-corrected chi connectivity index (χ1v) is 9.42. The Morgan fingerprint density at radius 2 is 1.60 bits per heavy atom. The lowest BCUT2D eigenvalue weighted by Crippen LogP contribution is -2.05. The van der Waals surface area contributed by atoms with Crippen molar-refractivity contribution in [2.45, 2.75) is 6.42 Å². The number of esters is 1. The minimum absolute atomic E-state index is 0.0272. The zero-order valence-corrected chi connectivity index (χ0v) is 16.6. The minimum atomic E-state index is -0.425. The molecule has 0 aliphatic carbocycles. The molecule has 4 aromatic rings. The molecule has 150 valence electrons. The standard InChI is InChI=1S/C24H20N2O4/c1-29-19-10-8-17(9-11-19)23-25-20-12-3-15(13-21(20)26-23)14-22(27)16-4-6-18(7-5-16)24(28)30-2/h3-13H,14H2,1-2H3,(H,25,26). The maximum Gasteiger partial charge on any atom is 0.337 e. The molecule has 1 aromatic heterocycles. The SMILES string of the molecule is COC(=O)c1ccc(C(=O)Cc2ccc3nc(-c4ccc(OC)cc4)[nH]c3c2)cc1. The van der Waals surface area contributed by atoms with Gasteiger partial charge in [-0.25, -0.2) is 9.78 Å². The van der Waals surface area contributed by atoms with Crippen LogP contribution in [-0.4, -0.2) is 35.9 Å². The number of carbonyl (C=O) groups excluding carboxylic acids is 2. The molecule has 3 aromatic carbocycles. The molecule has 0 aliphatic rings. The van der Waals surface area contributed by atoms with Gasteiger partial charge in [0.05, 0.1) is 30.8 Å². The van der Waals surface area contributed by atoms with Crippen molar-refractivity contribution in [2.75, 3.05) is 14.2 Å². The van der Waals surface area contributed by atoms with E-state index in [1.807, 2.05) is 42.5 Å². The number of nitrogens with zero attached hydrogens (tertiary/aromatic N) is 1. The second-order valence-electron chi connectivity index (χ2n) is 6.83. The molecule has 6 heteroatoms. The van der Waals surface area contributed by atoms with Gasteiger partial charge in [0, 0.05) is 17.5 Å². The Bertz CT molecular complexity index is 1210. The van der Waals surface area contributed by atoms with Gasteiger partial charge in [-0.2, -0.15) is 0 Å². The molecule has 6 nitrogen and oxygen atoms in total. The number of aromatic nitrogens is 2. The molecule has 0 atom stereocenters. The van der Waals surface area contributed by atoms with E-state index in [0.29, 0.717) is 11.1 Å². The van der Waals surface area contributed by atoms with Gasteiger partial charge in [0.25, 0.3) is 0 Å². The monoisotopic (exact) mass is 400 g/mol. The molecule has 0 fully saturated rings. The summed E-state index contributed by atoms with van der Waals surface area (Å²) in [5.41, 5.74) is 4.50. The zero-order chi connectivity index (χ0) is 21.1. The van der Waals surface area contributed by atoms with Crippen LogP contribution in [0.3, 0.4) is 0 Å². The van der Waals surface area contributed by atoms with Crippen LogP contribution in [0.4, 0.5) is 0 Å². The Kier molecular flexibility index (Phi) is 5.30. The van der Waals surface area contributed by atoms with Crippen LogP contribution in [0.25, 0.3) is 22.4 Å². The number of methoxy groups -OCH3 is 2. The van der Waals surface area contributed by atoms with E-state index in [2.05, 4.69) is 14.7 Å². The fourth-order valence-corrected chi connectivity index (χ4v) is 3.25. The average Bonchev–Trinajstić information content (AvgIpc) is 3.22. The highest BCUT2D eigenvalue weighted by molar-refractivity contribution is 5.99. The van der Waals surface area contributed by atoms with Gasteiger partial charge in [-0.3, -0.25) is 4.79 Å². The number of hydrogen-bond acceptors (Lipinski definition) is 5. The predicted molar refractivity (Wildman–Crippen MR) is 114 cm³/mol. The highest BCUT2D eigenvalue weighted by Crippen LogP contribution is 2.24. The molecule has 0 aliphatic heterocycles. The van der Waals surface area contributed by atoms with Crippen LogP contribution >= 0.6 is 0 Å². The first-order valence-electron chi connectivity index (χ1n) is 9.42. The third kappa shape index (κ3) is 3.93. The smallest absolute Gasteiger partial charge is 0.337 e. The van der Waals surface area contributed by atoms with Crippen LogP contribution in [0.2, 0.25) is 0 Å². The lowest BCUT2D eigenvalue weighted by molar-refractivity contribution is 0.0600. The summed E-state index contributed by atoms with van der Waals surface area (Å²) in [4.78, 5) is 32.1. The van der Waals surface area contributed by atoms with Crippen molar-refractivity contribution in [3.63, 3.8) is 0 Å². The molecule has 0 unspecified atom stereocenters. The van der Waals surface area contributed by atoms with Crippen molar-refractivity contribution in [3.05, 3.63) is 83.4 Å². The van der Waals surface area contributed by atoms with Gasteiger partial charge >= 0.3 is 5.97 Å². The zero-order valence-electron chi connectivity index (χ0n) is 16.6. The first-order chi connectivity index (χ1) is 14.6. The number of ether oxygens (including phenoxy) is 2. The average molecular weight is 400 g/mol. The molecule has 0 amide bonds. The Morgan fingerprint density at radius 1 is 0.900 bits per heavy atom. The molecular weight excluding hydrogens is 380 g/mol. The number of Topliss-reactive ketones (excluding diaryl/α,β-unsaturated/α-hetero) is 1. The molecule has 0 saturated heterocycles. The van der Waals surface area contributed by atoms with Crippen LogP contribution in [0.15, 0.2) is 66.7 Å². The van der Waals surface area contributed by atoms with Gasteiger partial charge in [0.15, 0.2) is 5.78 Å². The van der Waals surface area contributed by atoms with Gasteiger partial charge in [0.2, 0.25) is 0 Å². The number of imidazole rings is 1. The molecule has 0 radical (unpaired) electrons. The minimum Gasteiger partial charge on any atom is -0.497 e. The summed E-state index contributed by atoms with van der Waals surface area (Å²) >= 11 is 0. The van der Waals surface area contributed by atoms with E-state index in [4.69, 9.17) is 4.74 Å². The molecule has 1 heterocycles. The van der Waals surface area contributed by atoms with E-state index in [0.717, 1.165) is 33.7 Å². The molecule has 0 spiro atoms. The topological polar surface area (TPSA) is 81.3 Å². The second kappa shape index (κ2) is 8.21. The lowest BCUT2D eigenvalue weighted by atomic mass is 10.0. The van der Waals surface area contributed by atoms with Crippen LogP contribution in [-0.2, 0) is 11.2 Å². The number of rotatable bonds is 6. The molecular formula is C24H20N2O4. The Labute approximate surface area is 173 Å². The highest BCUT2D eigenvalue weighted by atomic mass is 16.5. The number of carbonyl (C=O) groups is 2. The maximum atomic E-state index is 12.6. The van der Waals surface area contributed by atoms with Gasteiger partial charge in [-0.1, -0.05) is 18.2 Å². The van der Waals surface area contributed by atoms with Crippen LogP contribution in [0.5, 0.6) is 5.75 Å². The summed E-state index contributed by atoms with van der Waals surface area (Å²) in [5, 5.41) is 0. The van der Waals surface area contributed by atoms with Gasteiger partial charge in [-0.05, 0) is 54.1 Å². The Morgan fingerprint density at radius 3 is 2.27 bits per heavy atom. The third-order valence-electron chi connectivity index (χ3n) is 4.90.